The average molecular weight is 502 g/mol. The molecule has 0 saturated heterocycles. The molecule has 180 valence electrons. The Bertz CT molecular complexity index is 1310. The van der Waals surface area contributed by atoms with Crippen molar-refractivity contribution in [2.24, 2.45) is 0 Å². The summed E-state index contributed by atoms with van der Waals surface area (Å²) in [6.07, 6.45) is 1.04. The van der Waals surface area contributed by atoms with Gasteiger partial charge >= 0.3 is 7.25 Å². The smallest absolute Gasteiger partial charge is 0.418 e. The van der Waals surface area contributed by atoms with Crippen molar-refractivity contribution < 1.29 is 17.3 Å². The van der Waals surface area contributed by atoms with Gasteiger partial charge in [-0.3, -0.25) is 0 Å². The van der Waals surface area contributed by atoms with E-state index >= 15 is 0 Å². The van der Waals surface area contributed by atoms with E-state index in [2.05, 4.69) is 133 Å². The molecular formula is C30H24BF4P. The van der Waals surface area contributed by atoms with E-state index in [0.717, 1.165) is 6.16 Å². The lowest BCUT2D eigenvalue weighted by Crippen LogP contribution is -2.02. The number of hydrogen-bond donors (Lipinski definition) is 0. The van der Waals surface area contributed by atoms with E-state index in [1.165, 1.54) is 38.4 Å². The Balaban J connectivity index is 0.000000556. The molecule has 0 aliphatic carbocycles. The third-order valence-electron chi connectivity index (χ3n) is 5.60. The highest BCUT2D eigenvalue weighted by Gasteiger charge is 2.25. The van der Waals surface area contributed by atoms with Gasteiger partial charge in [-0.15, -0.1) is 0 Å². The van der Waals surface area contributed by atoms with Crippen molar-refractivity contribution in [1.82, 2.24) is 0 Å². The molecule has 0 radical (unpaired) electrons. The molecule has 1 aromatic heterocycles. The molecule has 5 rings (SSSR count). The molecule has 1 heterocycles. The minimum Gasteiger partial charge on any atom is -0.418 e. The monoisotopic (exact) mass is 502 g/mol. The molecule has 0 bridgehead atoms. The molecule has 0 N–H and O–H groups in total. The molecule has 4 aromatic carbocycles. The fourth-order valence-electron chi connectivity index (χ4n) is 4.05. The maximum absolute atomic E-state index is 9.75. The Labute approximate surface area is 210 Å². The quantitative estimate of drug-likeness (QED) is 0.166. The summed E-state index contributed by atoms with van der Waals surface area (Å²) >= 11 is 0. The molecule has 0 aliphatic rings. The van der Waals surface area contributed by atoms with E-state index in [1.54, 1.807) is 0 Å². The highest BCUT2D eigenvalue weighted by Crippen LogP contribution is 2.52. The first kappa shape index (κ1) is 25.4. The van der Waals surface area contributed by atoms with E-state index in [9.17, 15) is 17.3 Å². The molecule has 0 atom stereocenters. The van der Waals surface area contributed by atoms with Gasteiger partial charge in [0.25, 0.3) is 0 Å². The van der Waals surface area contributed by atoms with Gasteiger partial charge in [0.1, 0.15) is 13.7 Å². The first-order chi connectivity index (χ1) is 17.4. The van der Waals surface area contributed by atoms with Crippen LogP contribution in [0.25, 0.3) is 32.8 Å². The average Bonchev–Trinajstić information content (AvgIpc) is 2.90. The fourth-order valence-corrected chi connectivity index (χ4v) is 6.74. The van der Waals surface area contributed by atoms with Gasteiger partial charge < -0.3 is 17.3 Å². The first-order valence-corrected chi connectivity index (χ1v) is 13.1. The Morgan fingerprint density at radius 2 is 0.778 bits per heavy atom. The van der Waals surface area contributed by atoms with Crippen LogP contribution in [0.2, 0.25) is 0 Å². The van der Waals surface area contributed by atoms with Gasteiger partial charge in [-0.05, 0) is 28.8 Å². The summed E-state index contributed by atoms with van der Waals surface area (Å²) in [7, 11) is -6.54. The Morgan fingerprint density at radius 3 is 1.17 bits per heavy atom. The van der Waals surface area contributed by atoms with Gasteiger partial charge in [0.2, 0.25) is 0 Å². The van der Waals surface area contributed by atoms with Crippen LogP contribution in [0, 0.1) is 0 Å². The predicted molar refractivity (Wildman–Crippen MR) is 146 cm³/mol. The van der Waals surface area contributed by atoms with Crippen LogP contribution >= 0.6 is 7.53 Å². The number of rotatable bonds is 5. The zero-order valence-electron chi connectivity index (χ0n) is 19.4. The lowest BCUT2D eigenvalue weighted by molar-refractivity contribution is 0.368. The van der Waals surface area contributed by atoms with Gasteiger partial charge in [0, 0.05) is 11.1 Å². The molecule has 5 aromatic rings. The maximum atomic E-state index is 9.75. The van der Waals surface area contributed by atoms with E-state index in [-0.39, 0.29) is 0 Å². The molecule has 0 saturated carbocycles. The molecule has 0 aliphatic heterocycles. The van der Waals surface area contributed by atoms with Gasteiger partial charge in [-0.2, -0.15) is 0 Å². The maximum Gasteiger partial charge on any atom is 0.673 e. The Hall–Kier alpha value is -3.69. The standard InChI is InChI=1S/C30H24P.BF4/c1-5-13-24(14-6-1)23-31-29(26-17-9-3-10-18-26)21-28(25-15-7-2-8-16-25)22-30(31)27-19-11-4-12-20-27;2-1(3,4)5/h1-22H,23H2;/q+1;-1. The van der Waals surface area contributed by atoms with Crippen LogP contribution in [0.4, 0.5) is 17.3 Å². The van der Waals surface area contributed by atoms with Crippen LogP contribution in [0.1, 0.15) is 5.56 Å². The van der Waals surface area contributed by atoms with Crippen LogP contribution in [-0.2, 0) is 6.16 Å². The summed E-state index contributed by atoms with van der Waals surface area (Å²) in [4.78, 5) is 0. The Kier molecular flexibility index (Phi) is 8.35. The Morgan fingerprint density at radius 1 is 0.444 bits per heavy atom. The third-order valence-corrected chi connectivity index (χ3v) is 8.21. The second kappa shape index (κ2) is 11.8. The molecular weight excluding hydrogens is 478 g/mol. The molecule has 36 heavy (non-hydrogen) atoms. The van der Waals surface area contributed by atoms with Crippen LogP contribution in [-0.4, -0.2) is 7.25 Å². The van der Waals surface area contributed by atoms with Crippen molar-refractivity contribution in [3.8, 4) is 32.8 Å². The van der Waals surface area contributed by atoms with Crippen LogP contribution < -0.4 is 0 Å². The minimum absolute atomic E-state index is 0.543. The van der Waals surface area contributed by atoms with Gasteiger partial charge in [-0.25, -0.2) is 0 Å². The van der Waals surface area contributed by atoms with E-state index in [4.69, 9.17) is 0 Å². The third kappa shape index (κ3) is 7.16. The van der Waals surface area contributed by atoms with Crippen LogP contribution in [0.5, 0.6) is 0 Å². The lowest BCUT2D eigenvalue weighted by atomic mass is 10.0. The van der Waals surface area contributed by atoms with E-state index in [0.29, 0.717) is 0 Å². The summed E-state index contributed by atoms with van der Waals surface area (Å²) in [5.74, 6) is 0. The normalized spacial score (nSPS) is 10.9. The van der Waals surface area contributed by atoms with Gasteiger partial charge in [0.15, 0.2) is 10.6 Å². The number of hydrogen-bond acceptors (Lipinski definition) is 0. The predicted octanol–water partition coefficient (Wildman–Crippen LogP) is 10.3. The van der Waals surface area contributed by atoms with Crippen LogP contribution in [0.15, 0.2) is 133 Å². The van der Waals surface area contributed by atoms with Crippen molar-refractivity contribution >= 4 is 14.8 Å². The summed E-state index contributed by atoms with van der Waals surface area (Å²) in [5.41, 5.74) is 6.57. The highest BCUT2D eigenvalue weighted by molar-refractivity contribution is 7.55. The summed E-state index contributed by atoms with van der Waals surface area (Å²) in [6.45, 7) is 0. The number of halogens is 4. The lowest BCUT2D eigenvalue weighted by Gasteiger charge is -2.10. The summed E-state index contributed by atoms with van der Waals surface area (Å²) in [6, 6.07) is 48.3. The van der Waals surface area contributed by atoms with Crippen molar-refractivity contribution in [1.29, 1.82) is 0 Å². The van der Waals surface area contributed by atoms with E-state index in [1.807, 2.05) is 0 Å². The summed E-state index contributed by atoms with van der Waals surface area (Å²) < 4.78 is 39.0. The largest absolute Gasteiger partial charge is 0.673 e. The molecule has 0 nitrogen and oxygen atoms in total. The van der Waals surface area contributed by atoms with Crippen LogP contribution in [0.3, 0.4) is 0 Å². The minimum atomic E-state index is -6.00. The van der Waals surface area contributed by atoms with Crippen molar-refractivity contribution in [2.45, 2.75) is 6.16 Å². The van der Waals surface area contributed by atoms with Crippen molar-refractivity contribution in [2.75, 3.05) is 0 Å². The molecule has 0 fully saturated rings. The number of benzene rings is 4. The fraction of sp³-hybridized carbons (Fsp3) is 0.0333. The van der Waals surface area contributed by atoms with E-state index < -0.39 is 14.8 Å². The van der Waals surface area contributed by atoms with Gasteiger partial charge in [-0.1, -0.05) is 121 Å². The molecule has 0 amide bonds. The second-order valence-electron chi connectivity index (χ2n) is 8.18. The van der Waals surface area contributed by atoms with Crippen molar-refractivity contribution in [3.63, 3.8) is 0 Å². The summed E-state index contributed by atoms with van der Waals surface area (Å²) in [5, 5.41) is 2.89. The van der Waals surface area contributed by atoms with Crippen molar-refractivity contribution in [3.05, 3.63) is 139 Å². The topological polar surface area (TPSA) is 0 Å². The molecule has 0 spiro atoms. The second-order valence-corrected chi connectivity index (χ2v) is 10.3. The first-order valence-electron chi connectivity index (χ1n) is 11.5. The zero-order chi connectivity index (χ0) is 25.4. The molecule has 0 unspecified atom stereocenters. The SMILES string of the molecule is F[B-](F)(F)F.c1ccc(C[p+]2c(-c3ccccc3)cc(-c3ccccc3)cc2-c2ccccc2)cc1. The molecule has 6 heteroatoms. The highest BCUT2D eigenvalue weighted by atomic mass is 31.1. The zero-order valence-corrected chi connectivity index (χ0v) is 20.3. The van der Waals surface area contributed by atoms with Gasteiger partial charge in [0.05, 0.1) is 0 Å².